The summed E-state index contributed by atoms with van der Waals surface area (Å²) < 4.78 is 10.0. The lowest BCUT2D eigenvalue weighted by atomic mass is 10.5. The molecule has 1 atom stereocenters. The van der Waals surface area contributed by atoms with Crippen LogP contribution in [0.25, 0.3) is 0 Å². The normalized spacial score (nSPS) is 23.3. The van der Waals surface area contributed by atoms with E-state index in [1.807, 2.05) is 0 Å². The maximum absolute atomic E-state index is 10.9. The van der Waals surface area contributed by atoms with Gasteiger partial charge in [-0.25, -0.2) is 4.79 Å². The molecule has 0 aromatic carbocycles. The Morgan fingerprint density at radius 1 is 1.54 bits per heavy atom. The van der Waals surface area contributed by atoms with Gasteiger partial charge in [0.15, 0.2) is 0 Å². The van der Waals surface area contributed by atoms with Crippen LogP contribution in [0.3, 0.4) is 0 Å². The summed E-state index contributed by atoms with van der Waals surface area (Å²) in [5, 5.41) is 0. The molecule has 74 valence electrons. The number of Topliss-reactive ketones (excluding diaryl/α,β-unsaturated/α-hetero) is 1. The van der Waals surface area contributed by atoms with Crippen molar-refractivity contribution in [3.8, 4) is 0 Å². The van der Waals surface area contributed by atoms with Crippen LogP contribution in [0, 0.1) is 0 Å². The number of hydrogen-bond acceptors (Lipinski definition) is 5. The molecule has 1 rings (SSSR count). The fourth-order valence-electron chi connectivity index (χ4n) is 0.874. The first-order valence-corrected chi connectivity index (χ1v) is 5.26. The van der Waals surface area contributed by atoms with Crippen molar-refractivity contribution in [2.45, 2.75) is 19.6 Å². The molecular weight excluding hydrogens is 192 g/mol. The minimum atomic E-state index is -0.812. The molecule has 0 aromatic rings. The van der Waals surface area contributed by atoms with E-state index >= 15 is 0 Å². The van der Waals surface area contributed by atoms with Gasteiger partial charge in [-0.1, -0.05) is 0 Å². The highest BCUT2D eigenvalue weighted by molar-refractivity contribution is 7.99. The molecule has 0 amide bonds. The first-order chi connectivity index (χ1) is 6.20. The fraction of sp³-hybridized carbons (Fsp3) is 0.750. The summed E-state index contributed by atoms with van der Waals surface area (Å²) in [5.41, 5.74) is 0. The molecule has 0 saturated carbocycles. The maximum Gasteiger partial charge on any atom is 0.376 e. The van der Waals surface area contributed by atoms with Gasteiger partial charge in [0.05, 0.1) is 12.4 Å². The number of ketones is 1. The zero-order valence-electron chi connectivity index (χ0n) is 7.45. The van der Waals surface area contributed by atoms with Crippen molar-refractivity contribution in [3.63, 3.8) is 0 Å². The average molecular weight is 204 g/mol. The number of hydrogen-bond donors (Lipinski definition) is 0. The van der Waals surface area contributed by atoms with Crippen LogP contribution in [0.15, 0.2) is 0 Å². The Labute approximate surface area is 81.0 Å². The number of thioether (sulfide) groups is 1. The predicted molar refractivity (Wildman–Crippen MR) is 48.5 cm³/mol. The lowest BCUT2D eigenvalue weighted by Gasteiger charge is -2.13. The molecule has 1 aliphatic heterocycles. The Hall–Kier alpha value is -0.550. The standard InChI is InChI=1S/C8H12O4S/c1-6(9)8(10)12-7-5-13-4-2-3-11-7/h7H,2-5H2,1H3. The molecule has 0 bridgehead atoms. The molecule has 0 radical (unpaired) electrons. The molecule has 13 heavy (non-hydrogen) atoms. The van der Waals surface area contributed by atoms with E-state index in [0.29, 0.717) is 12.4 Å². The summed E-state index contributed by atoms with van der Waals surface area (Å²) in [5.74, 6) is 0.220. The summed E-state index contributed by atoms with van der Waals surface area (Å²) in [4.78, 5) is 21.4. The molecule has 4 nitrogen and oxygen atoms in total. The average Bonchev–Trinajstić information content (AvgIpc) is 2.32. The van der Waals surface area contributed by atoms with Gasteiger partial charge >= 0.3 is 5.97 Å². The van der Waals surface area contributed by atoms with Crippen molar-refractivity contribution in [1.29, 1.82) is 0 Å². The van der Waals surface area contributed by atoms with E-state index in [-0.39, 0.29) is 0 Å². The van der Waals surface area contributed by atoms with E-state index < -0.39 is 18.0 Å². The van der Waals surface area contributed by atoms with Crippen molar-refractivity contribution in [3.05, 3.63) is 0 Å². The van der Waals surface area contributed by atoms with Crippen LogP contribution >= 0.6 is 11.8 Å². The summed E-state index contributed by atoms with van der Waals surface area (Å²) in [7, 11) is 0. The van der Waals surface area contributed by atoms with Crippen LogP contribution in [-0.2, 0) is 19.1 Å². The third kappa shape index (κ3) is 3.78. The van der Waals surface area contributed by atoms with E-state index in [1.165, 1.54) is 6.92 Å². The molecular formula is C8H12O4S. The third-order valence-corrected chi connectivity index (χ3v) is 2.60. The first kappa shape index (κ1) is 10.5. The molecule has 0 N–H and O–H groups in total. The number of ether oxygens (including phenoxy) is 2. The van der Waals surface area contributed by atoms with Crippen molar-refractivity contribution in [1.82, 2.24) is 0 Å². The van der Waals surface area contributed by atoms with Crippen molar-refractivity contribution >= 4 is 23.5 Å². The number of carbonyl (C=O) groups excluding carboxylic acids is 2. The Balaban J connectivity index is 2.33. The van der Waals surface area contributed by atoms with Gasteiger partial charge in [0.25, 0.3) is 0 Å². The highest BCUT2D eigenvalue weighted by atomic mass is 32.2. The SMILES string of the molecule is CC(=O)C(=O)OC1CSCCCO1. The molecule has 1 saturated heterocycles. The van der Waals surface area contributed by atoms with Gasteiger partial charge in [-0.05, 0) is 12.2 Å². The van der Waals surface area contributed by atoms with Gasteiger partial charge in [0, 0.05) is 6.92 Å². The Morgan fingerprint density at radius 3 is 3.00 bits per heavy atom. The van der Waals surface area contributed by atoms with Crippen molar-refractivity contribution < 1.29 is 19.1 Å². The highest BCUT2D eigenvalue weighted by Gasteiger charge is 2.19. The van der Waals surface area contributed by atoms with Crippen LogP contribution in [0.4, 0.5) is 0 Å². The van der Waals surface area contributed by atoms with Crippen LogP contribution < -0.4 is 0 Å². The minimum Gasteiger partial charge on any atom is -0.429 e. The molecule has 0 aliphatic carbocycles. The zero-order chi connectivity index (χ0) is 9.68. The van der Waals surface area contributed by atoms with Crippen molar-refractivity contribution in [2.24, 2.45) is 0 Å². The monoisotopic (exact) mass is 204 g/mol. The predicted octanol–water partition coefficient (Wildman–Crippen LogP) is 0.598. The quantitative estimate of drug-likeness (QED) is 0.487. The Kier molecular flexibility index (Phi) is 4.24. The topological polar surface area (TPSA) is 52.6 Å². The zero-order valence-corrected chi connectivity index (χ0v) is 8.26. The summed E-state index contributed by atoms with van der Waals surface area (Å²) in [6.07, 6.45) is 0.405. The van der Waals surface area contributed by atoms with E-state index in [0.717, 1.165) is 12.2 Å². The maximum atomic E-state index is 10.9. The van der Waals surface area contributed by atoms with Crippen LogP contribution in [0.2, 0.25) is 0 Å². The third-order valence-electron chi connectivity index (χ3n) is 1.52. The van der Waals surface area contributed by atoms with Crippen LogP contribution in [0.1, 0.15) is 13.3 Å². The van der Waals surface area contributed by atoms with Gasteiger partial charge in [-0.3, -0.25) is 4.79 Å². The summed E-state index contributed by atoms with van der Waals surface area (Å²) in [6.45, 7) is 1.77. The van der Waals surface area contributed by atoms with E-state index in [9.17, 15) is 9.59 Å². The summed E-state index contributed by atoms with van der Waals surface area (Å²) in [6, 6.07) is 0. The van der Waals surface area contributed by atoms with Crippen molar-refractivity contribution in [2.75, 3.05) is 18.1 Å². The van der Waals surface area contributed by atoms with Crippen LogP contribution in [0.5, 0.6) is 0 Å². The fourth-order valence-corrected chi connectivity index (χ4v) is 1.72. The second-order valence-corrected chi connectivity index (χ2v) is 3.84. The lowest BCUT2D eigenvalue weighted by Crippen LogP contribution is -2.26. The highest BCUT2D eigenvalue weighted by Crippen LogP contribution is 2.13. The Bertz CT molecular complexity index is 196. The number of rotatable bonds is 2. The van der Waals surface area contributed by atoms with Crippen LogP contribution in [-0.4, -0.2) is 36.2 Å². The second kappa shape index (κ2) is 5.24. The summed E-state index contributed by atoms with van der Waals surface area (Å²) >= 11 is 1.66. The molecule has 0 spiro atoms. The molecule has 5 heteroatoms. The lowest BCUT2D eigenvalue weighted by molar-refractivity contribution is -0.176. The van der Waals surface area contributed by atoms with Gasteiger partial charge < -0.3 is 9.47 Å². The second-order valence-electron chi connectivity index (χ2n) is 2.69. The molecule has 1 heterocycles. The first-order valence-electron chi connectivity index (χ1n) is 4.11. The van der Waals surface area contributed by atoms with E-state index in [4.69, 9.17) is 9.47 Å². The largest absolute Gasteiger partial charge is 0.429 e. The number of carbonyl (C=O) groups is 2. The van der Waals surface area contributed by atoms with E-state index in [1.54, 1.807) is 11.8 Å². The molecule has 1 aliphatic rings. The Morgan fingerprint density at radius 2 is 2.31 bits per heavy atom. The molecule has 1 unspecified atom stereocenters. The number of esters is 1. The van der Waals surface area contributed by atoms with Gasteiger partial charge in [0.1, 0.15) is 0 Å². The minimum absolute atomic E-state index is 0.552. The van der Waals surface area contributed by atoms with E-state index in [2.05, 4.69) is 0 Å². The van der Waals surface area contributed by atoms with Gasteiger partial charge in [0.2, 0.25) is 12.1 Å². The smallest absolute Gasteiger partial charge is 0.376 e. The van der Waals surface area contributed by atoms with Gasteiger partial charge in [-0.2, -0.15) is 11.8 Å². The molecule has 1 fully saturated rings. The van der Waals surface area contributed by atoms with Gasteiger partial charge in [-0.15, -0.1) is 0 Å². The molecule has 0 aromatic heterocycles.